The van der Waals surface area contributed by atoms with Crippen molar-refractivity contribution < 1.29 is 23.1 Å². The molecule has 1 aliphatic rings. The molecule has 0 aliphatic heterocycles. The number of carboxylic acid groups (broad SMARTS) is 1. The Morgan fingerprint density at radius 1 is 1.16 bits per heavy atom. The molecule has 1 fully saturated rings. The van der Waals surface area contributed by atoms with Crippen LogP contribution in [-0.4, -0.2) is 48.1 Å². The zero-order valence-corrected chi connectivity index (χ0v) is 15.5. The Kier molecular flexibility index (Phi) is 6.21. The Labute approximate surface area is 148 Å². The monoisotopic (exact) mass is 367 g/mol. The molecule has 1 amide bonds. The van der Waals surface area contributed by atoms with Crippen LogP contribution in [-0.2, 0) is 14.6 Å². The molecule has 1 aliphatic carbocycles. The van der Waals surface area contributed by atoms with E-state index in [1.807, 2.05) is 13.8 Å². The third-order valence-electron chi connectivity index (χ3n) is 4.62. The summed E-state index contributed by atoms with van der Waals surface area (Å²) in [6, 6.07) is 5.85. The first kappa shape index (κ1) is 19.4. The van der Waals surface area contributed by atoms with Gasteiger partial charge in [0.2, 0.25) is 0 Å². The lowest BCUT2D eigenvalue weighted by atomic mass is 10.1. The molecule has 6 nitrogen and oxygen atoms in total. The van der Waals surface area contributed by atoms with Crippen LogP contribution in [0.5, 0.6) is 0 Å². The van der Waals surface area contributed by atoms with Crippen LogP contribution in [0, 0.1) is 0 Å². The minimum absolute atomic E-state index is 0.119. The third kappa shape index (κ3) is 4.60. The summed E-state index contributed by atoms with van der Waals surface area (Å²) in [5.41, 5.74) is 0.365. The molecule has 0 spiro atoms. The van der Waals surface area contributed by atoms with Gasteiger partial charge >= 0.3 is 5.97 Å². The maximum atomic E-state index is 12.6. The first-order chi connectivity index (χ1) is 11.7. The van der Waals surface area contributed by atoms with E-state index in [0.29, 0.717) is 18.4 Å². The Hall–Kier alpha value is -1.89. The van der Waals surface area contributed by atoms with E-state index in [-0.39, 0.29) is 35.1 Å². The van der Waals surface area contributed by atoms with Crippen LogP contribution in [0.15, 0.2) is 29.2 Å². The summed E-state index contributed by atoms with van der Waals surface area (Å²) in [5.74, 6) is -1.25. The maximum absolute atomic E-state index is 12.6. The zero-order chi connectivity index (χ0) is 18.6. The number of hydrogen-bond donors (Lipinski definition) is 1. The largest absolute Gasteiger partial charge is 0.481 e. The van der Waals surface area contributed by atoms with E-state index in [4.69, 9.17) is 5.11 Å². The average molecular weight is 367 g/mol. The smallest absolute Gasteiger partial charge is 0.305 e. The number of hydrogen-bond acceptors (Lipinski definition) is 4. The standard InChI is InChI=1S/C18H25NO5S/c1-13(2)19(12-11-17(20)21)18(22)14-7-9-16(10-8-14)25(23,24)15-5-3-4-6-15/h7-10,13,15H,3-6,11-12H2,1-2H3,(H,20,21). The summed E-state index contributed by atoms with van der Waals surface area (Å²) in [5, 5.41) is 8.50. The number of carbonyl (C=O) groups is 2. The second kappa shape index (κ2) is 7.99. The molecule has 1 aromatic carbocycles. The van der Waals surface area contributed by atoms with Crippen molar-refractivity contribution >= 4 is 21.7 Å². The van der Waals surface area contributed by atoms with E-state index in [1.165, 1.54) is 29.2 Å². The lowest BCUT2D eigenvalue weighted by Gasteiger charge is -2.26. The molecule has 1 saturated carbocycles. The Balaban J connectivity index is 2.17. The van der Waals surface area contributed by atoms with Gasteiger partial charge in [0.15, 0.2) is 9.84 Å². The van der Waals surface area contributed by atoms with Crippen LogP contribution >= 0.6 is 0 Å². The molecule has 2 rings (SSSR count). The highest BCUT2D eigenvalue weighted by molar-refractivity contribution is 7.92. The predicted molar refractivity (Wildman–Crippen MR) is 94.3 cm³/mol. The summed E-state index contributed by atoms with van der Waals surface area (Å²) in [6.45, 7) is 3.76. The normalized spacial score (nSPS) is 15.5. The minimum Gasteiger partial charge on any atom is -0.481 e. The van der Waals surface area contributed by atoms with Gasteiger partial charge in [-0.05, 0) is 51.0 Å². The highest BCUT2D eigenvalue weighted by atomic mass is 32.2. The molecule has 0 saturated heterocycles. The number of carbonyl (C=O) groups excluding carboxylic acids is 1. The third-order valence-corrected chi connectivity index (χ3v) is 6.90. The van der Waals surface area contributed by atoms with Gasteiger partial charge in [0.1, 0.15) is 0 Å². The summed E-state index contributed by atoms with van der Waals surface area (Å²) in [6.07, 6.45) is 3.14. The molecule has 1 N–H and O–H groups in total. The van der Waals surface area contributed by atoms with Crippen molar-refractivity contribution in [3.05, 3.63) is 29.8 Å². The number of aliphatic carboxylic acids is 1. The average Bonchev–Trinajstić information content (AvgIpc) is 3.09. The molecule has 0 heterocycles. The SMILES string of the molecule is CC(C)N(CCC(=O)O)C(=O)c1ccc(S(=O)(=O)C2CCCC2)cc1. The first-order valence-electron chi connectivity index (χ1n) is 8.60. The lowest BCUT2D eigenvalue weighted by molar-refractivity contribution is -0.137. The Morgan fingerprint density at radius 3 is 2.20 bits per heavy atom. The van der Waals surface area contributed by atoms with Gasteiger partial charge in [0, 0.05) is 18.2 Å². The summed E-state index contributed by atoms with van der Waals surface area (Å²) in [4.78, 5) is 25.1. The highest BCUT2D eigenvalue weighted by Crippen LogP contribution is 2.29. The number of carboxylic acids is 1. The van der Waals surface area contributed by atoms with Crippen LogP contribution in [0.25, 0.3) is 0 Å². The Bertz CT molecular complexity index is 718. The fourth-order valence-electron chi connectivity index (χ4n) is 3.15. The zero-order valence-electron chi connectivity index (χ0n) is 14.6. The molecule has 1 aromatic rings. The van der Waals surface area contributed by atoms with Crippen molar-refractivity contribution in [2.24, 2.45) is 0 Å². The van der Waals surface area contributed by atoms with Crippen molar-refractivity contribution in [3.63, 3.8) is 0 Å². The summed E-state index contributed by atoms with van der Waals surface area (Å²) < 4.78 is 25.1. The van der Waals surface area contributed by atoms with E-state index in [0.717, 1.165) is 12.8 Å². The second-order valence-electron chi connectivity index (χ2n) is 6.71. The van der Waals surface area contributed by atoms with Gasteiger partial charge in [0.05, 0.1) is 16.6 Å². The van der Waals surface area contributed by atoms with Crippen LogP contribution < -0.4 is 0 Å². The molecule has 0 unspecified atom stereocenters. The van der Waals surface area contributed by atoms with E-state index in [1.54, 1.807) is 0 Å². The van der Waals surface area contributed by atoms with E-state index in [2.05, 4.69) is 0 Å². The molecule has 0 radical (unpaired) electrons. The van der Waals surface area contributed by atoms with Crippen molar-refractivity contribution in [2.45, 2.75) is 62.1 Å². The fraction of sp³-hybridized carbons (Fsp3) is 0.556. The Morgan fingerprint density at radius 2 is 1.72 bits per heavy atom. The number of nitrogens with zero attached hydrogens (tertiary/aromatic N) is 1. The molecular weight excluding hydrogens is 342 g/mol. The molecule has 0 bridgehead atoms. The van der Waals surface area contributed by atoms with Gasteiger partial charge in [-0.3, -0.25) is 9.59 Å². The van der Waals surface area contributed by atoms with Crippen molar-refractivity contribution in [1.82, 2.24) is 4.90 Å². The van der Waals surface area contributed by atoms with Gasteiger partial charge in [-0.2, -0.15) is 0 Å². The minimum atomic E-state index is -3.34. The second-order valence-corrected chi connectivity index (χ2v) is 8.94. The van der Waals surface area contributed by atoms with Crippen molar-refractivity contribution in [2.75, 3.05) is 6.54 Å². The molecule has 0 aromatic heterocycles. The summed E-state index contributed by atoms with van der Waals surface area (Å²) in [7, 11) is -3.34. The van der Waals surface area contributed by atoms with E-state index >= 15 is 0 Å². The fourth-order valence-corrected chi connectivity index (χ4v) is 5.01. The number of benzene rings is 1. The van der Waals surface area contributed by atoms with Crippen LogP contribution in [0.1, 0.15) is 56.3 Å². The molecule has 25 heavy (non-hydrogen) atoms. The van der Waals surface area contributed by atoms with Gasteiger partial charge in [-0.25, -0.2) is 8.42 Å². The maximum Gasteiger partial charge on any atom is 0.305 e. The van der Waals surface area contributed by atoms with Gasteiger partial charge in [-0.15, -0.1) is 0 Å². The molecular formula is C18H25NO5S. The first-order valence-corrected chi connectivity index (χ1v) is 10.1. The summed E-state index contributed by atoms with van der Waals surface area (Å²) >= 11 is 0. The molecule has 138 valence electrons. The number of sulfone groups is 1. The highest BCUT2D eigenvalue weighted by Gasteiger charge is 2.30. The predicted octanol–water partition coefficient (Wildman–Crippen LogP) is 2.73. The quantitative estimate of drug-likeness (QED) is 0.800. The lowest BCUT2D eigenvalue weighted by Crippen LogP contribution is -2.38. The number of rotatable bonds is 7. The van der Waals surface area contributed by atoms with Gasteiger partial charge < -0.3 is 10.0 Å². The van der Waals surface area contributed by atoms with Crippen LogP contribution in [0.3, 0.4) is 0 Å². The van der Waals surface area contributed by atoms with E-state index < -0.39 is 15.8 Å². The van der Waals surface area contributed by atoms with E-state index in [9.17, 15) is 18.0 Å². The van der Waals surface area contributed by atoms with Crippen molar-refractivity contribution in [3.8, 4) is 0 Å². The number of amides is 1. The van der Waals surface area contributed by atoms with Crippen molar-refractivity contribution in [1.29, 1.82) is 0 Å². The van der Waals surface area contributed by atoms with Gasteiger partial charge in [0.25, 0.3) is 5.91 Å². The van der Waals surface area contributed by atoms with Crippen LogP contribution in [0.4, 0.5) is 0 Å². The van der Waals surface area contributed by atoms with Gasteiger partial charge in [-0.1, -0.05) is 12.8 Å². The van der Waals surface area contributed by atoms with Crippen LogP contribution in [0.2, 0.25) is 0 Å². The molecule has 7 heteroatoms. The molecule has 0 atom stereocenters. The topological polar surface area (TPSA) is 91.8 Å².